The van der Waals surface area contributed by atoms with Crippen LogP contribution in [0.4, 0.5) is 0 Å². The molecule has 0 radical (unpaired) electrons. The summed E-state index contributed by atoms with van der Waals surface area (Å²) in [6.45, 7) is 1.98. The van der Waals surface area contributed by atoms with Gasteiger partial charge in [0.15, 0.2) is 0 Å². The minimum atomic E-state index is -0.767. The smallest absolute Gasteiger partial charge is 0.125 e. The van der Waals surface area contributed by atoms with Crippen LogP contribution in [-0.2, 0) is 0 Å². The zero-order valence-corrected chi connectivity index (χ0v) is 13.3. The number of halogens is 1. The number of benzene rings is 2. The van der Waals surface area contributed by atoms with Gasteiger partial charge in [-0.3, -0.25) is 0 Å². The van der Waals surface area contributed by atoms with Crippen LogP contribution in [0.3, 0.4) is 0 Å². The van der Waals surface area contributed by atoms with E-state index in [1.165, 1.54) is 0 Å². The first-order chi connectivity index (χ1) is 9.56. The zero-order chi connectivity index (χ0) is 14.7. The molecule has 1 atom stereocenters. The lowest BCUT2D eigenvalue weighted by atomic mass is 9.99. The van der Waals surface area contributed by atoms with Crippen LogP contribution >= 0.6 is 15.9 Å². The predicted molar refractivity (Wildman–Crippen MR) is 82.5 cm³/mol. The molecule has 0 heterocycles. The molecule has 0 bridgehead atoms. The molecule has 2 aromatic carbocycles. The van der Waals surface area contributed by atoms with Crippen molar-refractivity contribution >= 4 is 15.9 Å². The Morgan fingerprint density at radius 2 is 1.85 bits per heavy atom. The molecule has 0 aliphatic rings. The van der Waals surface area contributed by atoms with Crippen molar-refractivity contribution in [2.24, 2.45) is 0 Å². The van der Waals surface area contributed by atoms with Crippen LogP contribution in [-0.4, -0.2) is 19.3 Å². The van der Waals surface area contributed by atoms with Crippen LogP contribution in [0.2, 0.25) is 0 Å². The van der Waals surface area contributed by atoms with Gasteiger partial charge in [0.2, 0.25) is 0 Å². The molecule has 0 saturated heterocycles. The maximum absolute atomic E-state index is 10.6. The second-order valence-corrected chi connectivity index (χ2v) is 5.38. The van der Waals surface area contributed by atoms with Gasteiger partial charge in [0.05, 0.1) is 14.2 Å². The first-order valence-corrected chi connectivity index (χ1v) is 7.02. The van der Waals surface area contributed by atoms with Gasteiger partial charge in [0, 0.05) is 10.0 Å². The zero-order valence-electron chi connectivity index (χ0n) is 11.7. The third-order valence-electron chi connectivity index (χ3n) is 3.22. The average Bonchev–Trinajstić information content (AvgIpc) is 2.48. The van der Waals surface area contributed by atoms with E-state index in [9.17, 15) is 5.11 Å². The van der Waals surface area contributed by atoms with Gasteiger partial charge in [-0.05, 0) is 42.3 Å². The van der Waals surface area contributed by atoms with E-state index in [2.05, 4.69) is 15.9 Å². The van der Waals surface area contributed by atoms with Gasteiger partial charge < -0.3 is 14.6 Å². The first-order valence-electron chi connectivity index (χ1n) is 6.23. The highest BCUT2D eigenvalue weighted by Gasteiger charge is 2.17. The van der Waals surface area contributed by atoms with E-state index in [0.29, 0.717) is 11.5 Å². The predicted octanol–water partition coefficient (Wildman–Crippen LogP) is 3.86. The Hall–Kier alpha value is -1.52. The van der Waals surface area contributed by atoms with E-state index in [0.717, 1.165) is 21.2 Å². The highest BCUT2D eigenvalue weighted by molar-refractivity contribution is 9.10. The van der Waals surface area contributed by atoms with Gasteiger partial charge in [-0.1, -0.05) is 28.1 Å². The number of aryl methyl sites for hydroxylation is 1. The van der Waals surface area contributed by atoms with Gasteiger partial charge in [-0.15, -0.1) is 0 Å². The normalized spacial score (nSPS) is 12.1. The number of aliphatic hydroxyl groups is 1. The lowest BCUT2D eigenvalue weighted by Crippen LogP contribution is -2.03. The summed E-state index contributed by atoms with van der Waals surface area (Å²) in [5.74, 6) is 1.38. The number of aliphatic hydroxyl groups excluding tert-OH is 1. The Bertz CT molecular complexity index is 611. The average molecular weight is 337 g/mol. The molecule has 1 N–H and O–H groups in total. The van der Waals surface area contributed by atoms with Crippen LogP contribution in [0.25, 0.3) is 0 Å². The Morgan fingerprint density at radius 3 is 2.50 bits per heavy atom. The molecule has 0 fully saturated rings. The van der Waals surface area contributed by atoms with Crippen LogP contribution in [0.15, 0.2) is 40.9 Å². The lowest BCUT2D eigenvalue weighted by Gasteiger charge is -2.17. The molecule has 2 rings (SSSR count). The fourth-order valence-corrected chi connectivity index (χ4v) is 2.41. The molecule has 0 saturated carbocycles. The summed E-state index contributed by atoms with van der Waals surface area (Å²) >= 11 is 3.49. The number of ether oxygens (including phenoxy) is 2. The fourth-order valence-electron chi connectivity index (χ4n) is 2.05. The third kappa shape index (κ3) is 2.97. The first kappa shape index (κ1) is 14.9. The highest BCUT2D eigenvalue weighted by Crippen LogP contribution is 2.35. The van der Waals surface area contributed by atoms with Gasteiger partial charge in [-0.2, -0.15) is 0 Å². The molecular weight excluding hydrogens is 320 g/mol. The van der Waals surface area contributed by atoms with Crippen LogP contribution < -0.4 is 9.47 Å². The standard InChI is InChI=1S/C16H17BrO3/c1-10-7-15(20-3)13(9-14(10)17)16(18)11-5-4-6-12(8-11)19-2/h4-9,16,18H,1-3H3. The van der Waals surface area contributed by atoms with Crippen molar-refractivity contribution in [2.75, 3.05) is 14.2 Å². The lowest BCUT2D eigenvalue weighted by molar-refractivity contribution is 0.214. The van der Waals surface area contributed by atoms with Crippen molar-refractivity contribution in [1.29, 1.82) is 0 Å². The van der Waals surface area contributed by atoms with Gasteiger partial charge in [0.1, 0.15) is 17.6 Å². The second kappa shape index (κ2) is 6.29. The minimum absolute atomic E-state index is 0.668. The molecule has 0 spiro atoms. The molecule has 20 heavy (non-hydrogen) atoms. The highest BCUT2D eigenvalue weighted by atomic mass is 79.9. The Balaban J connectivity index is 2.46. The van der Waals surface area contributed by atoms with Crippen molar-refractivity contribution in [1.82, 2.24) is 0 Å². The van der Waals surface area contributed by atoms with Crippen molar-refractivity contribution in [3.63, 3.8) is 0 Å². The monoisotopic (exact) mass is 336 g/mol. The van der Waals surface area contributed by atoms with Crippen LogP contribution in [0.1, 0.15) is 22.8 Å². The second-order valence-electron chi connectivity index (χ2n) is 4.52. The molecule has 0 aliphatic heterocycles. The summed E-state index contributed by atoms with van der Waals surface area (Å²) in [6, 6.07) is 11.2. The fraction of sp³-hybridized carbons (Fsp3) is 0.250. The maximum Gasteiger partial charge on any atom is 0.125 e. The largest absolute Gasteiger partial charge is 0.497 e. The van der Waals surface area contributed by atoms with Crippen molar-refractivity contribution in [3.05, 3.63) is 57.6 Å². The summed E-state index contributed by atoms with van der Waals surface area (Å²) in [7, 11) is 3.21. The van der Waals surface area contributed by atoms with E-state index >= 15 is 0 Å². The molecule has 3 nitrogen and oxygen atoms in total. The molecular formula is C16H17BrO3. The van der Waals surface area contributed by atoms with Crippen molar-refractivity contribution in [3.8, 4) is 11.5 Å². The number of hydrogen-bond donors (Lipinski definition) is 1. The number of hydrogen-bond acceptors (Lipinski definition) is 3. The van der Waals surface area contributed by atoms with Crippen LogP contribution in [0.5, 0.6) is 11.5 Å². The molecule has 106 valence electrons. The topological polar surface area (TPSA) is 38.7 Å². The van der Waals surface area contributed by atoms with Gasteiger partial charge in [-0.25, -0.2) is 0 Å². The summed E-state index contributed by atoms with van der Waals surface area (Å²) in [6.07, 6.45) is -0.767. The molecule has 0 aliphatic carbocycles. The third-order valence-corrected chi connectivity index (χ3v) is 4.07. The molecule has 1 unspecified atom stereocenters. The summed E-state index contributed by atoms with van der Waals surface area (Å²) in [5.41, 5.74) is 2.54. The molecule has 0 aromatic heterocycles. The Kier molecular flexibility index (Phi) is 4.68. The number of methoxy groups -OCH3 is 2. The summed E-state index contributed by atoms with van der Waals surface area (Å²) in [5, 5.41) is 10.6. The van der Waals surface area contributed by atoms with E-state index in [1.54, 1.807) is 14.2 Å². The van der Waals surface area contributed by atoms with E-state index in [1.807, 2.05) is 43.3 Å². The molecule has 2 aromatic rings. The SMILES string of the molecule is COc1cccc(C(O)c2cc(Br)c(C)cc2OC)c1. The molecule has 4 heteroatoms. The quantitative estimate of drug-likeness (QED) is 0.921. The van der Waals surface area contributed by atoms with Crippen LogP contribution in [0, 0.1) is 6.92 Å². The summed E-state index contributed by atoms with van der Waals surface area (Å²) in [4.78, 5) is 0. The van der Waals surface area contributed by atoms with E-state index in [-0.39, 0.29) is 0 Å². The van der Waals surface area contributed by atoms with Crippen molar-refractivity contribution in [2.45, 2.75) is 13.0 Å². The van der Waals surface area contributed by atoms with E-state index < -0.39 is 6.10 Å². The molecule has 0 amide bonds. The van der Waals surface area contributed by atoms with Gasteiger partial charge >= 0.3 is 0 Å². The van der Waals surface area contributed by atoms with Gasteiger partial charge in [0.25, 0.3) is 0 Å². The maximum atomic E-state index is 10.6. The Morgan fingerprint density at radius 1 is 1.10 bits per heavy atom. The van der Waals surface area contributed by atoms with E-state index in [4.69, 9.17) is 9.47 Å². The van der Waals surface area contributed by atoms with Crippen molar-refractivity contribution < 1.29 is 14.6 Å². The summed E-state index contributed by atoms with van der Waals surface area (Å²) < 4.78 is 11.5. The number of rotatable bonds is 4. The Labute approximate surface area is 127 Å². The minimum Gasteiger partial charge on any atom is -0.497 e.